The number of hydrogen-bond acceptors (Lipinski definition) is 3. The Morgan fingerprint density at radius 3 is 3.08 bits per heavy atom. The largest absolute Gasteiger partial charge is 0.490 e. The molecule has 0 saturated heterocycles. The molecule has 3 nitrogen and oxygen atoms in total. The summed E-state index contributed by atoms with van der Waals surface area (Å²) in [5.74, 6) is -0.0207. The van der Waals surface area contributed by atoms with E-state index < -0.39 is 5.82 Å². The number of hydrogen-bond donors (Lipinski definition) is 1. The van der Waals surface area contributed by atoms with Gasteiger partial charge in [-0.1, -0.05) is 0 Å². The molecule has 0 bridgehead atoms. The van der Waals surface area contributed by atoms with Crippen LogP contribution in [0.2, 0.25) is 0 Å². The van der Waals surface area contributed by atoms with Gasteiger partial charge in [0.15, 0.2) is 0 Å². The minimum absolute atomic E-state index is 0.211. The molecule has 1 aromatic rings. The van der Waals surface area contributed by atoms with Crippen molar-refractivity contribution < 1.29 is 9.13 Å². The summed E-state index contributed by atoms with van der Waals surface area (Å²) in [6, 6.07) is 4.01. The second kappa shape index (κ2) is 2.71. The molecule has 1 aromatic carbocycles. The van der Waals surface area contributed by atoms with E-state index in [0.717, 1.165) is 6.07 Å². The monoisotopic (exact) mass is 178 g/mol. The first-order chi connectivity index (χ1) is 6.22. The van der Waals surface area contributed by atoms with Gasteiger partial charge < -0.3 is 10.5 Å². The lowest BCUT2D eigenvalue weighted by atomic mass is 10.1. The van der Waals surface area contributed by atoms with Crippen LogP contribution in [0.3, 0.4) is 0 Å². The molecule has 1 aliphatic heterocycles. The van der Waals surface area contributed by atoms with Crippen LogP contribution in [0, 0.1) is 17.1 Å². The summed E-state index contributed by atoms with van der Waals surface area (Å²) in [5.41, 5.74) is 6.43. The van der Waals surface area contributed by atoms with Gasteiger partial charge in [0.05, 0.1) is 11.6 Å². The second-order valence-electron chi connectivity index (χ2n) is 2.90. The molecule has 4 heteroatoms. The standard InChI is InChI=1S/C9H7FN2O/c10-6-1-5(3-11)9-7(2-6)8(12)4-13-9/h1-2,8H,4,12H2. The maximum absolute atomic E-state index is 12.9. The summed E-state index contributed by atoms with van der Waals surface area (Å²) in [6.07, 6.45) is 0. The highest BCUT2D eigenvalue weighted by atomic mass is 19.1. The van der Waals surface area contributed by atoms with Crippen molar-refractivity contribution in [2.24, 2.45) is 5.73 Å². The maximum atomic E-state index is 12.9. The Labute approximate surface area is 74.5 Å². The molecule has 1 atom stereocenters. The Morgan fingerprint density at radius 2 is 2.38 bits per heavy atom. The molecule has 0 fully saturated rings. The highest BCUT2D eigenvalue weighted by molar-refractivity contribution is 5.52. The third kappa shape index (κ3) is 1.14. The molecule has 13 heavy (non-hydrogen) atoms. The van der Waals surface area contributed by atoms with Crippen LogP contribution in [0.4, 0.5) is 4.39 Å². The van der Waals surface area contributed by atoms with Crippen LogP contribution in [0.5, 0.6) is 5.75 Å². The molecular formula is C9H7FN2O. The molecule has 0 spiro atoms. The van der Waals surface area contributed by atoms with E-state index >= 15 is 0 Å². The van der Waals surface area contributed by atoms with Crippen molar-refractivity contribution in [1.82, 2.24) is 0 Å². The second-order valence-corrected chi connectivity index (χ2v) is 2.90. The van der Waals surface area contributed by atoms with Crippen LogP contribution in [-0.4, -0.2) is 6.61 Å². The lowest BCUT2D eigenvalue weighted by Gasteiger charge is -2.01. The third-order valence-electron chi connectivity index (χ3n) is 2.01. The summed E-state index contributed by atoms with van der Waals surface area (Å²) < 4.78 is 18.1. The summed E-state index contributed by atoms with van der Waals surface area (Å²) in [4.78, 5) is 0. The van der Waals surface area contributed by atoms with Gasteiger partial charge in [-0.3, -0.25) is 0 Å². The molecule has 0 aliphatic carbocycles. The summed E-state index contributed by atoms with van der Waals surface area (Å²) >= 11 is 0. The van der Waals surface area contributed by atoms with E-state index in [-0.39, 0.29) is 11.6 Å². The van der Waals surface area contributed by atoms with Crippen molar-refractivity contribution in [3.05, 3.63) is 29.1 Å². The van der Waals surface area contributed by atoms with Gasteiger partial charge in [-0.15, -0.1) is 0 Å². The van der Waals surface area contributed by atoms with E-state index in [9.17, 15) is 4.39 Å². The average Bonchev–Trinajstić information content (AvgIpc) is 2.47. The van der Waals surface area contributed by atoms with Gasteiger partial charge in [-0.2, -0.15) is 5.26 Å². The fourth-order valence-corrected chi connectivity index (χ4v) is 1.40. The molecule has 0 amide bonds. The zero-order valence-corrected chi connectivity index (χ0v) is 6.75. The smallest absolute Gasteiger partial charge is 0.142 e. The number of rotatable bonds is 0. The van der Waals surface area contributed by atoms with Crippen LogP contribution in [0.15, 0.2) is 12.1 Å². The summed E-state index contributed by atoms with van der Waals surface area (Å²) in [7, 11) is 0. The molecule has 0 radical (unpaired) electrons. The fourth-order valence-electron chi connectivity index (χ4n) is 1.40. The lowest BCUT2D eigenvalue weighted by molar-refractivity contribution is 0.332. The summed E-state index contributed by atoms with van der Waals surface area (Å²) in [6.45, 7) is 0.313. The first-order valence-corrected chi connectivity index (χ1v) is 3.84. The van der Waals surface area contributed by atoms with Gasteiger partial charge in [0.25, 0.3) is 0 Å². The number of nitrogens with zero attached hydrogens (tertiary/aromatic N) is 1. The maximum Gasteiger partial charge on any atom is 0.142 e. The zero-order valence-electron chi connectivity index (χ0n) is 6.75. The van der Waals surface area contributed by atoms with Crippen molar-refractivity contribution >= 4 is 0 Å². The van der Waals surface area contributed by atoms with Gasteiger partial charge in [0.2, 0.25) is 0 Å². The number of ether oxygens (including phenoxy) is 1. The van der Waals surface area contributed by atoms with Crippen LogP contribution in [-0.2, 0) is 0 Å². The Kier molecular flexibility index (Phi) is 1.67. The molecule has 0 saturated carbocycles. The lowest BCUT2D eigenvalue weighted by Crippen LogP contribution is -2.10. The van der Waals surface area contributed by atoms with E-state index in [0.29, 0.717) is 17.9 Å². The third-order valence-corrected chi connectivity index (χ3v) is 2.01. The van der Waals surface area contributed by atoms with Crippen LogP contribution >= 0.6 is 0 Å². The molecular weight excluding hydrogens is 171 g/mol. The van der Waals surface area contributed by atoms with Gasteiger partial charge in [0, 0.05) is 5.56 Å². The Hall–Kier alpha value is -1.60. The summed E-state index contributed by atoms with van der Waals surface area (Å²) in [5, 5.41) is 8.67. The van der Waals surface area contributed by atoms with E-state index in [1.54, 1.807) is 0 Å². The van der Waals surface area contributed by atoms with Gasteiger partial charge in [-0.25, -0.2) is 4.39 Å². The minimum Gasteiger partial charge on any atom is -0.490 e. The molecule has 1 unspecified atom stereocenters. The van der Waals surface area contributed by atoms with Crippen LogP contribution in [0.1, 0.15) is 17.2 Å². The Balaban J connectivity index is 2.65. The quantitative estimate of drug-likeness (QED) is 0.646. The highest BCUT2D eigenvalue weighted by Gasteiger charge is 2.24. The van der Waals surface area contributed by atoms with Gasteiger partial charge >= 0.3 is 0 Å². The predicted molar refractivity (Wildman–Crippen MR) is 43.5 cm³/mol. The van der Waals surface area contributed by atoms with Gasteiger partial charge in [0.1, 0.15) is 24.2 Å². The number of benzene rings is 1. The van der Waals surface area contributed by atoms with Crippen molar-refractivity contribution in [3.63, 3.8) is 0 Å². The van der Waals surface area contributed by atoms with Crippen molar-refractivity contribution in [3.8, 4) is 11.8 Å². The number of nitrogens with two attached hydrogens (primary N) is 1. The fraction of sp³-hybridized carbons (Fsp3) is 0.222. The van der Waals surface area contributed by atoms with E-state index in [1.807, 2.05) is 6.07 Å². The Morgan fingerprint density at radius 1 is 1.62 bits per heavy atom. The molecule has 1 aliphatic rings. The molecule has 1 heterocycles. The van der Waals surface area contributed by atoms with Crippen molar-refractivity contribution in [1.29, 1.82) is 5.26 Å². The molecule has 0 aromatic heterocycles. The predicted octanol–water partition coefficient (Wildman–Crippen LogP) is 1.09. The molecule has 2 N–H and O–H groups in total. The van der Waals surface area contributed by atoms with Gasteiger partial charge in [-0.05, 0) is 12.1 Å². The SMILES string of the molecule is N#Cc1cc(F)cc2c1OCC2N. The average molecular weight is 178 g/mol. The van der Waals surface area contributed by atoms with E-state index in [4.69, 9.17) is 15.7 Å². The molecule has 2 rings (SSSR count). The highest BCUT2D eigenvalue weighted by Crippen LogP contribution is 2.34. The normalized spacial score (nSPS) is 19.0. The topological polar surface area (TPSA) is 59.0 Å². The molecule has 66 valence electrons. The van der Waals surface area contributed by atoms with Crippen molar-refractivity contribution in [2.75, 3.05) is 6.61 Å². The first-order valence-electron chi connectivity index (χ1n) is 3.84. The van der Waals surface area contributed by atoms with Crippen LogP contribution in [0.25, 0.3) is 0 Å². The minimum atomic E-state index is -0.448. The Bertz CT molecular complexity index is 397. The zero-order chi connectivity index (χ0) is 9.42. The number of halogens is 1. The van der Waals surface area contributed by atoms with Crippen molar-refractivity contribution in [2.45, 2.75) is 6.04 Å². The number of nitriles is 1. The van der Waals surface area contributed by atoms with E-state index in [1.165, 1.54) is 6.07 Å². The first kappa shape index (κ1) is 8.02. The van der Waals surface area contributed by atoms with Crippen LogP contribution < -0.4 is 10.5 Å². The number of fused-ring (bicyclic) bond motifs is 1. The van der Waals surface area contributed by atoms with E-state index in [2.05, 4.69) is 0 Å².